The van der Waals surface area contributed by atoms with Crippen molar-refractivity contribution in [2.75, 3.05) is 13.1 Å². The van der Waals surface area contributed by atoms with Gasteiger partial charge in [-0.05, 0) is 17.7 Å². The molecule has 2 heterocycles. The number of hydrogen-bond donors (Lipinski definition) is 1. The average Bonchev–Trinajstić information content (AvgIpc) is 2.93. The smallest absolute Gasteiger partial charge is 0.122 e. The zero-order valence-corrected chi connectivity index (χ0v) is 12.0. The van der Waals surface area contributed by atoms with E-state index in [0.29, 0.717) is 0 Å². The van der Waals surface area contributed by atoms with Gasteiger partial charge in [-0.3, -0.25) is 4.90 Å². The minimum atomic E-state index is 0.949. The van der Waals surface area contributed by atoms with Crippen LogP contribution in [0.1, 0.15) is 23.9 Å². The molecule has 1 N–H and O–H groups in total. The largest absolute Gasteiger partial charge is 0.333 e. The molecule has 4 nitrogen and oxygen atoms in total. The van der Waals surface area contributed by atoms with Crippen molar-refractivity contribution >= 4 is 0 Å². The third-order valence-electron chi connectivity index (χ3n) is 3.80. The highest BCUT2D eigenvalue weighted by molar-refractivity contribution is 5.23. The van der Waals surface area contributed by atoms with Crippen LogP contribution in [0.4, 0.5) is 0 Å². The van der Waals surface area contributed by atoms with E-state index in [4.69, 9.17) is 0 Å². The van der Waals surface area contributed by atoms with Crippen molar-refractivity contribution in [2.24, 2.45) is 0 Å². The summed E-state index contributed by atoms with van der Waals surface area (Å²) in [4.78, 5) is 6.88. The standard InChI is InChI=1S/C16H22N4/c1-2-17-11-14-4-3-5-15(10-14)12-19-8-9-20-7-6-18-16(20)13-19/h3-7,10,17H,2,8-9,11-13H2,1H3. The lowest BCUT2D eigenvalue weighted by Gasteiger charge is -2.27. The van der Waals surface area contributed by atoms with Crippen LogP contribution >= 0.6 is 0 Å². The van der Waals surface area contributed by atoms with Crippen molar-refractivity contribution < 1.29 is 0 Å². The number of nitrogens with one attached hydrogen (secondary N) is 1. The second-order valence-corrected chi connectivity index (χ2v) is 5.35. The Morgan fingerprint density at radius 3 is 3.05 bits per heavy atom. The van der Waals surface area contributed by atoms with E-state index < -0.39 is 0 Å². The van der Waals surface area contributed by atoms with Gasteiger partial charge in [-0.15, -0.1) is 0 Å². The molecular formula is C16H22N4. The first-order valence-electron chi connectivity index (χ1n) is 7.36. The molecule has 2 aromatic rings. The molecule has 0 bridgehead atoms. The van der Waals surface area contributed by atoms with Gasteiger partial charge >= 0.3 is 0 Å². The lowest BCUT2D eigenvalue weighted by atomic mass is 10.1. The van der Waals surface area contributed by atoms with E-state index in [1.165, 1.54) is 17.0 Å². The van der Waals surface area contributed by atoms with Crippen LogP contribution in [-0.4, -0.2) is 27.5 Å². The number of benzene rings is 1. The highest BCUT2D eigenvalue weighted by Crippen LogP contribution is 2.14. The van der Waals surface area contributed by atoms with Crippen molar-refractivity contribution in [3.63, 3.8) is 0 Å². The molecule has 1 aliphatic rings. The summed E-state index contributed by atoms with van der Waals surface area (Å²) in [5.74, 6) is 1.18. The first-order valence-corrected chi connectivity index (χ1v) is 7.36. The van der Waals surface area contributed by atoms with Gasteiger partial charge < -0.3 is 9.88 Å². The summed E-state index contributed by atoms with van der Waals surface area (Å²) in [5, 5.41) is 3.38. The summed E-state index contributed by atoms with van der Waals surface area (Å²) in [6.07, 6.45) is 3.97. The van der Waals surface area contributed by atoms with Crippen LogP contribution in [0, 0.1) is 0 Å². The lowest BCUT2D eigenvalue weighted by Crippen LogP contribution is -2.33. The van der Waals surface area contributed by atoms with Crippen LogP contribution < -0.4 is 5.32 Å². The van der Waals surface area contributed by atoms with Gasteiger partial charge in [0.25, 0.3) is 0 Å². The molecule has 0 fully saturated rings. The van der Waals surface area contributed by atoms with Crippen LogP contribution in [0.2, 0.25) is 0 Å². The van der Waals surface area contributed by atoms with Gasteiger partial charge in [0.2, 0.25) is 0 Å². The Morgan fingerprint density at radius 1 is 1.25 bits per heavy atom. The zero-order valence-electron chi connectivity index (χ0n) is 12.0. The second-order valence-electron chi connectivity index (χ2n) is 5.35. The molecule has 0 atom stereocenters. The molecule has 106 valence electrons. The molecule has 0 radical (unpaired) electrons. The maximum Gasteiger partial charge on any atom is 0.122 e. The summed E-state index contributed by atoms with van der Waals surface area (Å²) < 4.78 is 2.25. The highest BCUT2D eigenvalue weighted by Gasteiger charge is 2.16. The molecule has 0 amide bonds. The maximum absolute atomic E-state index is 4.42. The van der Waals surface area contributed by atoms with Crippen LogP contribution in [0.15, 0.2) is 36.7 Å². The predicted octanol–water partition coefficient (Wildman–Crippen LogP) is 2.01. The highest BCUT2D eigenvalue weighted by atomic mass is 15.2. The van der Waals surface area contributed by atoms with Gasteiger partial charge in [-0.2, -0.15) is 0 Å². The maximum atomic E-state index is 4.42. The quantitative estimate of drug-likeness (QED) is 0.902. The first-order chi connectivity index (χ1) is 9.85. The van der Waals surface area contributed by atoms with Crippen LogP contribution in [0.5, 0.6) is 0 Å². The van der Waals surface area contributed by atoms with E-state index in [0.717, 1.165) is 39.3 Å². The molecule has 0 spiro atoms. The minimum Gasteiger partial charge on any atom is -0.333 e. The molecule has 3 rings (SSSR count). The molecule has 20 heavy (non-hydrogen) atoms. The number of fused-ring (bicyclic) bond motifs is 1. The van der Waals surface area contributed by atoms with Crippen molar-refractivity contribution in [1.82, 2.24) is 19.8 Å². The average molecular weight is 270 g/mol. The van der Waals surface area contributed by atoms with E-state index in [9.17, 15) is 0 Å². The van der Waals surface area contributed by atoms with E-state index in [1.807, 2.05) is 6.20 Å². The number of hydrogen-bond acceptors (Lipinski definition) is 3. The van der Waals surface area contributed by atoms with Gasteiger partial charge in [-0.25, -0.2) is 4.98 Å². The van der Waals surface area contributed by atoms with E-state index >= 15 is 0 Å². The monoisotopic (exact) mass is 270 g/mol. The Hall–Kier alpha value is -1.65. The van der Waals surface area contributed by atoms with Crippen molar-refractivity contribution in [2.45, 2.75) is 33.1 Å². The fraction of sp³-hybridized carbons (Fsp3) is 0.438. The minimum absolute atomic E-state index is 0.949. The van der Waals surface area contributed by atoms with Gasteiger partial charge in [0.1, 0.15) is 5.82 Å². The topological polar surface area (TPSA) is 33.1 Å². The Labute approximate surface area is 120 Å². The number of nitrogens with zero attached hydrogens (tertiary/aromatic N) is 3. The van der Waals surface area contributed by atoms with Crippen LogP contribution in [-0.2, 0) is 26.2 Å². The summed E-state index contributed by atoms with van der Waals surface area (Å²) in [6, 6.07) is 8.88. The molecule has 0 aliphatic carbocycles. The van der Waals surface area contributed by atoms with Gasteiger partial charge in [0.15, 0.2) is 0 Å². The Kier molecular flexibility index (Phi) is 4.14. The normalized spacial score (nSPS) is 15.2. The third-order valence-corrected chi connectivity index (χ3v) is 3.80. The summed E-state index contributed by atoms with van der Waals surface area (Å²) in [7, 11) is 0. The Morgan fingerprint density at radius 2 is 2.15 bits per heavy atom. The summed E-state index contributed by atoms with van der Waals surface area (Å²) >= 11 is 0. The lowest BCUT2D eigenvalue weighted by molar-refractivity contribution is 0.209. The van der Waals surface area contributed by atoms with Crippen molar-refractivity contribution in [1.29, 1.82) is 0 Å². The molecule has 1 aromatic carbocycles. The van der Waals surface area contributed by atoms with Crippen molar-refractivity contribution in [3.8, 4) is 0 Å². The summed E-state index contributed by atoms with van der Waals surface area (Å²) in [6.45, 7) is 8.21. The number of aromatic nitrogens is 2. The number of imidazole rings is 1. The third kappa shape index (κ3) is 3.08. The molecule has 0 unspecified atom stereocenters. The van der Waals surface area contributed by atoms with E-state index in [-0.39, 0.29) is 0 Å². The molecule has 0 saturated heterocycles. The molecule has 1 aromatic heterocycles. The molecular weight excluding hydrogens is 248 g/mol. The van der Waals surface area contributed by atoms with E-state index in [2.05, 4.69) is 57.2 Å². The Balaban J connectivity index is 1.63. The predicted molar refractivity (Wildman–Crippen MR) is 80.2 cm³/mol. The van der Waals surface area contributed by atoms with Gasteiger partial charge in [0.05, 0.1) is 6.54 Å². The first kappa shape index (κ1) is 13.3. The molecule has 0 saturated carbocycles. The van der Waals surface area contributed by atoms with Gasteiger partial charge in [0, 0.05) is 38.6 Å². The molecule has 1 aliphatic heterocycles. The van der Waals surface area contributed by atoms with Gasteiger partial charge in [-0.1, -0.05) is 31.2 Å². The second kappa shape index (κ2) is 6.20. The molecule has 4 heteroatoms. The van der Waals surface area contributed by atoms with E-state index in [1.54, 1.807) is 0 Å². The Bertz CT molecular complexity index is 561. The number of rotatable bonds is 5. The zero-order chi connectivity index (χ0) is 13.8. The fourth-order valence-electron chi connectivity index (χ4n) is 2.72. The van der Waals surface area contributed by atoms with Crippen LogP contribution in [0.3, 0.4) is 0 Å². The SMILES string of the molecule is CCNCc1cccc(CN2CCn3ccnc3C2)c1. The summed E-state index contributed by atoms with van der Waals surface area (Å²) in [5.41, 5.74) is 2.75. The fourth-order valence-corrected chi connectivity index (χ4v) is 2.72. The van der Waals surface area contributed by atoms with Crippen molar-refractivity contribution in [3.05, 3.63) is 53.6 Å². The van der Waals surface area contributed by atoms with Crippen LogP contribution in [0.25, 0.3) is 0 Å².